The molecule has 7 nitrogen and oxygen atoms in total. The van der Waals surface area contributed by atoms with Gasteiger partial charge in [-0.1, -0.05) is 17.7 Å². The third-order valence-electron chi connectivity index (χ3n) is 5.29. The van der Waals surface area contributed by atoms with Gasteiger partial charge in [-0.3, -0.25) is 4.79 Å². The van der Waals surface area contributed by atoms with Gasteiger partial charge in [0.25, 0.3) is 5.56 Å². The summed E-state index contributed by atoms with van der Waals surface area (Å²) in [7, 11) is 0. The highest BCUT2D eigenvalue weighted by Crippen LogP contribution is 2.23. The van der Waals surface area contributed by atoms with Crippen molar-refractivity contribution in [2.45, 2.75) is 24.9 Å². The van der Waals surface area contributed by atoms with E-state index in [2.05, 4.69) is 15.3 Å². The van der Waals surface area contributed by atoms with Crippen molar-refractivity contribution in [3.8, 4) is 11.3 Å². The lowest BCUT2D eigenvalue weighted by atomic mass is 10.1. The van der Waals surface area contributed by atoms with Crippen LogP contribution in [-0.2, 0) is 4.74 Å². The minimum absolute atomic E-state index is 0.0166. The van der Waals surface area contributed by atoms with Crippen LogP contribution in [0.1, 0.15) is 24.4 Å². The molecule has 0 radical (unpaired) electrons. The van der Waals surface area contributed by atoms with Gasteiger partial charge >= 0.3 is 0 Å². The molecule has 1 fully saturated rings. The summed E-state index contributed by atoms with van der Waals surface area (Å²) in [6.07, 6.45) is 4.98. The van der Waals surface area contributed by atoms with Gasteiger partial charge in [0.2, 0.25) is 5.95 Å². The summed E-state index contributed by atoms with van der Waals surface area (Å²) in [5.74, 6) is -0.105. The summed E-state index contributed by atoms with van der Waals surface area (Å²) in [5, 5.41) is 13.1. The van der Waals surface area contributed by atoms with Crippen LogP contribution in [0.25, 0.3) is 11.3 Å². The van der Waals surface area contributed by atoms with Crippen molar-refractivity contribution in [2.24, 2.45) is 0 Å². The third kappa shape index (κ3) is 4.92. The normalized spacial score (nSPS) is 15.6. The Bertz CT molecular complexity index is 1120. The van der Waals surface area contributed by atoms with E-state index in [-0.39, 0.29) is 23.2 Å². The first-order chi connectivity index (χ1) is 15.0. The van der Waals surface area contributed by atoms with Crippen LogP contribution in [0, 0.1) is 5.82 Å². The Hall–Kier alpha value is -2.81. The highest BCUT2D eigenvalue weighted by Gasteiger charge is 2.17. The van der Waals surface area contributed by atoms with Crippen molar-refractivity contribution in [1.82, 2.24) is 14.5 Å². The van der Waals surface area contributed by atoms with Crippen LogP contribution < -0.4 is 10.9 Å². The molecule has 1 saturated heterocycles. The van der Waals surface area contributed by atoms with Crippen molar-refractivity contribution in [1.29, 1.82) is 0 Å². The second-order valence-electron chi connectivity index (χ2n) is 7.33. The number of halogens is 2. The average molecular weight is 445 g/mol. The third-order valence-corrected chi connectivity index (χ3v) is 5.60. The highest BCUT2D eigenvalue weighted by atomic mass is 35.5. The van der Waals surface area contributed by atoms with E-state index in [1.54, 1.807) is 30.6 Å². The molecule has 9 heteroatoms. The number of nitrogens with zero attached hydrogens (tertiary/aromatic N) is 3. The van der Waals surface area contributed by atoms with E-state index in [4.69, 9.17) is 16.3 Å². The molecule has 1 aromatic carbocycles. The molecular weight excluding hydrogens is 423 g/mol. The number of hydrogen-bond acceptors (Lipinski definition) is 6. The summed E-state index contributed by atoms with van der Waals surface area (Å²) >= 11 is 5.74. The molecule has 0 saturated carbocycles. The van der Waals surface area contributed by atoms with Crippen molar-refractivity contribution in [2.75, 3.05) is 25.1 Å². The quantitative estimate of drug-likeness (QED) is 0.606. The zero-order valence-electron chi connectivity index (χ0n) is 16.7. The van der Waals surface area contributed by atoms with Crippen LogP contribution in [0.4, 0.5) is 10.3 Å². The number of rotatable bonds is 6. The molecule has 0 amide bonds. The lowest BCUT2D eigenvalue weighted by Gasteiger charge is -2.23. The molecule has 4 rings (SSSR count). The topological polar surface area (TPSA) is 89.3 Å². The SMILES string of the molecule is O=c1cc(-c2ccnc(NC3CCOCC3)n2)ccn1[C@@H](CO)c1ccc(Cl)c(F)c1. The minimum atomic E-state index is -0.732. The average Bonchev–Trinajstić information content (AvgIpc) is 2.78. The van der Waals surface area contributed by atoms with Crippen LogP contribution in [-0.4, -0.2) is 45.5 Å². The molecule has 31 heavy (non-hydrogen) atoms. The fraction of sp³-hybridized carbons (Fsp3) is 0.318. The maximum atomic E-state index is 13.9. The molecule has 3 heterocycles. The van der Waals surface area contributed by atoms with E-state index in [9.17, 15) is 14.3 Å². The highest BCUT2D eigenvalue weighted by molar-refractivity contribution is 6.30. The van der Waals surface area contributed by atoms with Crippen molar-refractivity contribution in [3.05, 3.63) is 75.5 Å². The zero-order valence-corrected chi connectivity index (χ0v) is 17.4. The van der Waals surface area contributed by atoms with Crippen LogP contribution in [0.15, 0.2) is 53.6 Å². The molecule has 0 unspecified atom stereocenters. The van der Waals surface area contributed by atoms with Crippen LogP contribution >= 0.6 is 11.6 Å². The number of ether oxygens (including phenoxy) is 1. The lowest BCUT2D eigenvalue weighted by Crippen LogP contribution is -2.28. The Labute approximate surface area is 183 Å². The molecule has 1 aliphatic rings. The van der Waals surface area contributed by atoms with Gasteiger partial charge in [0, 0.05) is 43.3 Å². The predicted molar refractivity (Wildman–Crippen MR) is 116 cm³/mol. The fourth-order valence-electron chi connectivity index (χ4n) is 3.59. The Kier molecular flexibility index (Phi) is 6.60. The molecule has 0 aliphatic carbocycles. The van der Waals surface area contributed by atoms with Crippen LogP contribution in [0.5, 0.6) is 0 Å². The number of benzene rings is 1. The van der Waals surface area contributed by atoms with E-state index in [0.717, 1.165) is 12.8 Å². The Morgan fingerprint density at radius 2 is 2.06 bits per heavy atom. The van der Waals surface area contributed by atoms with Gasteiger partial charge in [-0.25, -0.2) is 14.4 Å². The van der Waals surface area contributed by atoms with Crippen molar-refractivity contribution >= 4 is 17.5 Å². The lowest BCUT2D eigenvalue weighted by molar-refractivity contribution is 0.0903. The predicted octanol–water partition coefficient (Wildman–Crippen LogP) is 3.27. The molecule has 2 N–H and O–H groups in total. The smallest absolute Gasteiger partial charge is 0.251 e. The van der Waals surface area contributed by atoms with Gasteiger partial charge < -0.3 is 19.7 Å². The zero-order chi connectivity index (χ0) is 21.8. The van der Waals surface area contributed by atoms with Gasteiger partial charge in [-0.15, -0.1) is 0 Å². The van der Waals surface area contributed by atoms with Crippen molar-refractivity contribution < 1.29 is 14.2 Å². The molecule has 1 aliphatic heterocycles. The summed E-state index contributed by atoms with van der Waals surface area (Å²) in [6, 6.07) is 8.64. The molecule has 0 bridgehead atoms. The van der Waals surface area contributed by atoms with Gasteiger partial charge in [0.1, 0.15) is 5.82 Å². The fourth-order valence-corrected chi connectivity index (χ4v) is 3.71. The second kappa shape index (κ2) is 9.55. The largest absolute Gasteiger partial charge is 0.394 e. The number of aliphatic hydroxyl groups excluding tert-OH is 1. The number of hydrogen-bond donors (Lipinski definition) is 2. The molecule has 1 atom stereocenters. The maximum Gasteiger partial charge on any atom is 0.251 e. The second-order valence-corrected chi connectivity index (χ2v) is 7.74. The molecule has 3 aromatic rings. The summed E-state index contributed by atoms with van der Waals surface area (Å²) < 4.78 is 20.6. The number of anilines is 1. The number of aromatic nitrogens is 3. The van der Waals surface area contributed by atoms with E-state index in [1.807, 2.05) is 0 Å². The van der Waals surface area contributed by atoms with Crippen LogP contribution in [0.3, 0.4) is 0 Å². The summed E-state index contributed by atoms with van der Waals surface area (Å²) in [6.45, 7) is 1.05. The monoisotopic (exact) mass is 444 g/mol. The van der Waals surface area contributed by atoms with E-state index < -0.39 is 11.9 Å². The van der Waals surface area contributed by atoms with Gasteiger partial charge in [-0.05, 0) is 42.7 Å². The summed E-state index contributed by atoms with van der Waals surface area (Å²) in [4.78, 5) is 21.6. The molecule has 2 aromatic heterocycles. The Morgan fingerprint density at radius 1 is 1.26 bits per heavy atom. The van der Waals surface area contributed by atoms with Gasteiger partial charge in [0.05, 0.1) is 23.4 Å². The summed E-state index contributed by atoms with van der Waals surface area (Å²) in [5.41, 5.74) is 1.33. The molecular formula is C22H22ClFN4O3. The van der Waals surface area contributed by atoms with Crippen LogP contribution in [0.2, 0.25) is 5.02 Å². The number of nitrogens with one attached hydrogen (secondary N) is 1. The standard InChI is InChI=1S/C22H22ClFN4O3/c23-17-2-1-15(11-18(17)24)20(13-29)28-8-4-14(12-21(28)30)19-3-7-25-22(27-19)26-16-5-9-31-10-6-16/h1-4,7-8,11-12,16,20,29H,5-6,9-10,13H2,(H,25,26,27)/t20-/m0/s1. The first-order valence-corrected chi connectivity index (χ1v) is 10.4. The first-order valence-electron chi connectivity index (χ1n) is 10.0. The maximum absolute atomic E-state index is 13.9. The first kappa shape index (κ1) is 21.4. The number of aliphatic hydroxyl groups is 1. The van der Waals surface area contributed by atoms with E-state index in [0.29, 0.717) is 36.0 Å². The van der Waals surface area contributed by atoms with E-state index >= 15 is 0 Å². The van der Waals surface area contributed by atoms with E-state index in [1.165, 1.54) is 22.8 Å². The Balaban J connectivity index is 1.59. The molecule has 0 spiro atoms. The van der Waals surface area contributed by atoms with Gasteiger partial charge in [-0.2, -0.15) is 0 Å². The Morgan fingerprint density at radius 3 is 2.77 bits per heavy atom. The van der Waals surface area contributed by atoms with Gasteiger partial charge in [0.15, 0.2) is 0 Å². The minimum Gasteiger partial charge on any atom is -0.394 e. The number of pyridine rings is 1. The molecule has 162 valence electrons. The van der Waals surface area contributed by atoms with Crippen molar-refractivity contribution in [3.63, 3.8) is 0 Å².